The molecule has 9 heteroatoms. The van der Waals surface area contributed by atoms with Gasteiger partial charge in [-0.1, -0.05) is 0 Å². The Bertz CT molecular complexity index is 687. The molecule has 0 unspecified atom stereocenters. The molecule has 0 atom stereocenters. The van der Waals surface area contributed by atoms with Crippen molar-refractivity contribution < 1.29 is 0 Å². The second-order valence-electron chi connectivity index (χ2n) is 5.43. The van der Waals surface area contributed by atoms with E-state index in [2.05, 4.69) is 36.2 Å². The number of nitrogens with one attached hydrogen (secondary N) is 3. The molecule has 7 nitrogen and oxygen atoms in total. The van der Waals surface area contributed by atoms with Crippen LogP contribution in [0.2, 0.25) is 0 Å². The average molecular weight is 349 g/mol. The quantitative estimate of drug-likeness (QED) is 0.778. The number of thiazole rings is 2. The molecule has 1 fully saturated rings. The molecular weight excluding hydrogens is 330 g/mol. The first-order valence-electron chi connectivity index (χ1n) is 7.81. The van der Waals surface area contributed by atoms with E-state index in [0.717, 1.165) is 73.3 Å². The molecule has 0 saturated carbocycles. The minimum absolute atomic E-state index is 0.817. The van der Waals surface area contributed by atoms with Crippen molar-refractivity contribution in [2.45, 2.75) is 6.42 Å². The fourth-order valence-electron chi connectivity index (χ4n) is 2.55. The first-order valence-corrected chi connectivity index (χ1v) is 9.57. The summed E-state index contributed by atoms with van der Waals surface area (Å²) >= 11 is 3.27. The molecule has 4 rings (SSSR count). The van der Waals surface area contributed by atoms with E-state index in [0.29, 0.717) is 0 Å². The number of hydrogen-bond acceptors (Lipinski definition) is 9. The van der Waals surface area contributed by atoms with Crippen LogP contribution in [0, 0.1) is 0 Å². The zero-order valence-electron chi connectivity index (χ0n) is 12.7. The van der Waals surface area contributed by atoms with Crippen molar-refractivity contribution in [3.05, 3.63) is 10.8 Å². The van der Waals surface area contributed by atoms with Gasteiger partial charge in [0.2, 0.25) is 0 Å². The van der Waals surface area contributed by atoms with Gasteiger partial charge >= 0.3 is 0 Å². The summed E-state index contributed by atoms with van der Waals surface area (Å²) in [5.74, 6) is 0.817. The first kappa shape index (κ1) is 14.9. The van der Waals surface area contributed by atoms with Crippen molar-refractivity contribution in [2.24, 2.45) is 4.99 Å². The molecule has 3 N–H and O–H groups in total. The van der Waals surface area contributed by atoms with Gasteiger partial charge in [-0.2, -0.15) is 0 Å². The molecular formula is C14H19N7S2. The highest BCUT2D eigenvalue weighted by molar-refractivity contribution is 7.15. The van der Waals surface area contributed by atoms with Gasteiger partial charge in [-0.15, -0.1) is 22.7 Å². The monoisotopic (exact) mass is 349 g/mol. The normalized spacial score (nSPS) is 18.4. The highest BCUT2D eigenvalue weighted by Crippen LogP contribution is 2.29. The maximum absolute atomic E-state index is 4.75. The van der Waals surface area contributed by atoms with Gasteiger partial charge in [0.1, 0.15) is 11.4 Å². The molecule has 2 aromatic rings. The van der Waals surface area contributed by atoms with Crippen molar-refractivity contribution in [3.63, 3.8) is 0 Å². The third kappa shape index (κ3) is 3.46. The van der Waals surface area contributed by atoms with Crippen LogP contribution in [0.25, 0.3) is 11.4 Å². The molecule has 2 aliphatic rings. The fraction of sp³-hybridized carbons (Fsp3) is 0.500. The molecule has 0 radical (unpaired) electrons. The maximum Gasteiger partial charge on any atom is 0.197 e. The Morgan fingerprint density at radius 2 is 1.87 bits per heavy atom. The molecule has 2 aliphatic heterocycles. The Kier molecular flexibility index (Phi) is 4.40. The van der Waals surface area contributed by atoms with E-state index < -0.39 is 0 Å². The average Bonchev–Trinajstić information content (AvgIpc) is 3.26. The number of aliphatic imine (C=N–C) groups is 1. The molecule has 122 valence electrons. The van der Waals surface area contributed by atoms with Crippen LogP contribution in [0.1, 0.15) is 6.42 Å². The van der Waals surface area contributed by atoms with Gasteiger partial charge in [0.05, 0.1) is 0 Å². The van der Waals surface area contributed by atoms with Crippen molar-refractivity contribution in [1.29, 1.82) is 0 Å². The molecule has 0 aromatic carbocycles. The summed E-state index contributed by atoms with van der Waals surface area (Å²) in [6.45, 7) is 5.91. The highest BCUT2D eigenvalue weighted by Gasteiger charge is 2.16. The number of anilines is 2. The summed E-state index contributed by atoms with van der Waals surface area (Å²) in [5, 5.41) is 15.9. The number of nitrogens with zero attached hydrogens (tertiary/aromatic N) is 4. The van der Waals surface area contributed by atoms with Gasteiger partial charge in [-0.3, -0.25) is 4.99 Å². The Morgan fingerprint density at radius 3 is 2.70 bits per heavy atom. The standard InChI is InChI=1S/C14H19N7S2/c1-2-16-12(17-3-1)20-13-18-10(8-22-13)11-9-23-14(19-11)21-6-4-15-5-7-21/h8-9,15H,1-7H2,(H2,16,17,18,20). The van der Waals surface area contributed by atoms with E-state index in [1.807, 2.05) is 5.38 Å². The molecule has 2 aromatic heterocycles. The Hall–Kier alpha value is -1.71. The van der Waals surface area contributed by atoms with E-state index in [9.17, 15) is 0 Å². The zero-order valence-corrected chi connectivity index (χ0v) is 14.3. The van der Waals surface area contributed by atoms with Crippen LogP contribution in [-0.4, -0.2) is 55.2 Å². The smallest absolute Gasteiger partial charge is 0.197 e. The minimum Gasteiger partial charge on any atom is -0.356 e. The van der Waals surface area contributed by atoms with Crippen molar-refractivity contribution in [1.82, 2.24) is 20.6 Å². The highest BCUT2D eigenvalue weighted by atomic mass is 32.1. The van der Waals surface area contributed by atoms with E-state index >= 15 is 0 Å². The number of hydrogen-bond donors (Lipinski definition) is 3. The molecule has 23 heavy (non-hydrogen) atoms. The van der Waals surface area contributed by atoms with Crippen LogP contribution < -0.4 is 20.9 Å². The van der Waals surface area contributed by atoms with Crippen LogP contribution >= 0.6 is 22.7 Å². The number of rotatable bonds is 3. The largest absolute Gasteiger partial charge is 0.356 e. The second kappa shape index (κ2) is 6.81. The summed E-state index contributed by atoms with van der Waals surface area (Å²) < 4.78 is 0. The van der Waals surface area contributed by atoms with E-state index in [1.165, 1.54) is 0 Å². The maximum atomic E-state index is 4.75. The zero-order chi connectivity index (χ0) is 15.5. The first-order chi connectivity index (χ1) is 11.4. The van der Waals surface area contributed by atoms with Gasteiger partial charge in [0.15, 0.2) is 16.2 Å². The Balaban J connectivity index is 1.46. The minimum atomic E-state index is 0.817. The number of piperazine rings is 1. The molecule has 4 heterocycles. The molecule has 0 bridgehead atoms. The van der Waals surface area contributed by atoms with Crippen LogP contribution in [0.3, 0.4) is 0 Å². The third-order valence-electron chi connectivity index (χ3n) is 3.77. The molecule has 0 spiro atoms. The summed E-state index contributed by atoms with van der Waals surface area (Å²) in [4.78, 5) is 16.1. The van der Waals surface area contributed by atoms with E-state index in [4.69, 9.17) is 4.98 Å². The van der Waals surface area contributed by atoms with Crippen LogP contribution in [-0.2, 0) is 0 Å². The number of guanidine groups is 1. The van der Waals surface area contributed by atoms with Crippen LogP contribution in [0.15, 0.2) is 15.8 Å². The van der Waals surface area contributed by atoms with E-state index in [1.54, 1.807) is 22.7 Å². The second-order valence-corrected chi connectivity index (χ2v) is 7.12. The lowest BCUT2D eigenvalue weighted by molar-refractivity contribution is 0.588. The summed E-state index contributed by atoms with van der Waals surface area (Å²) in [6, 6.07) is 0. The molecule has 0 aliphatic carbocycles. The summed E-state index contributed by atoms with van der Waals surface area (Å²) in [6.07, 6.45) is 1.09. The SMILES string of the molecule is c1sc(NC2=NCCCN2)nc1-c1csc(N2CCNCC2)n1. The molecule has 0 amide bonds. The summed E-state index contributed by atoms with van der Waals surface area (Å²) in [7, 11) is 0. The van der Waals surface area contributed by atoms with Crippen molar-refractivity contribution >= 4 is 38.9 Å². The predicted molar refractivity (Wildman–Crippen MR) is 96.8 cm³/mol. The van der Waals surface area contributed by atoms with Crippen LogP contribution in [0.5, 0.6) is 0 Å². The fourth-order valence-corrected chi connectivity index (χ4v) is 4.13. The Morgan fingerprint density at radius 1 is 1.04 bits per heavy atom. The Labute approximate surface area is 142 Å². The van der Waals surface area contributed by atoms with Crippen molar-refractivity contribution in [2.75, 3.05) is 49.5 Å². The topological polar surface area (TPSA) is 77.5 Å². The lowest BCUT2D eigenvalue weighted by Crippen LogP contribution is -2.43. The van der Waals surface area contributed by atoms with Gasteiger partial charge < -0.3 is 20.9 Å². The summed E-state index contributed by atoms with van der Waals surface area (Å²) in [5.41, 5.74) is 1.87. The van der Waals surface area contributed by atoms with Gasteiger partial charge in [-0.25, -0.2) is 9.97 Å². The molecule has 1 saturated heterocycles. The van der Waals surface area contributed by atoms with Gasteiger partial charge in [0.25, 0.3) is 0 Å². The van der Waals surface area contributed by atoms with Gasteiger partial charge in [-0.05, 0) is 6.42 Å². The van der Waals surface area contributed by atoms with E-state index in [-0.39, 0.29) is 0 Å². The lowest BCUT2D eigenvalue weighted by Gasteiger charge is -2.26. The van der Waals surface area contributed by atoms with Crippen LogP contribution in [0.4, 0.5) is 10.3 Å². The predicted octanol–water partition coefficient (Wildman–Crippen LogP) is 1.44. The lowest BCUT2D eigenvalue weighted by atomic mass is 10.4. The third-order valence-corrected chi connectivity index (χ3v) is 5.43. The number of aromatic nitrogens is 2. The van der Waals surface area contributed by atoms with Gasteiger partial charge in [0, 0.05) is 50.0 Å². The van der Waals surface area contributed by atoms with Crippen molar-refractivity contribution in [3.8, 4) is 11.4 Å².